The third-order valence-corrected chi connectivity index (χ3v) is 6.86. The Morgan fingerprint density at radius 1 is 1.09 bits per heavy atom. The Hall–Kier alpha value is -3.68. The zero-order valence-corrected chi connectivity index (χ0v) is 20.1. The molecule has 0 spiro atoms. The summed E-state index contributed by atoms with van der Waals surface area (Å²) < 4.78 is 5.55. The first kappa shape index (κ1) is 24.4. The molecule has 184 valence electrons. The second kappa shape index (κ2) is 10.7. The Morgan fingerprint density at radius 2 is 1.71 bits per heavy atom. The summed E-state index contributed by atoms with van der Waals surface area (Å²) in [6.07, 6.45) is 2.41. The summed E-state index contributed by atoms with van der Waals surface area (Å²) >= 11 is 0. The largest absolute Gasteiger partial charge is 0.449 e. The van der Waals surface area contributed by atoms with Gasteiger partial charge in [-0.2, -0.15) is 0 Å². The SMILES string of the molecule is CC[C@@H](C=N)NC(=O)[C@@H]1CCCN1C(=O)[C@H](C)NC(=O)OCC1c2ccccc2-c2ccccc21. The molecule has 0 saturated carbocycles. The Morgan fingerprint density at radius 3 is 2.31 bits per heavy atom. The van der Waals surface area contributed by atoms with Gasteiger partial charge in [0.15, 0.2) is 0 Å². The number of carbonyl (C=O) groups is 3. The first-order chi connectivity index (χ1) is 16.9. The fourth-order valence-corrected chi connectivity index (χ4v) is 4.97. The fraction of sp³-hybridized carbons (Fsp3) is 0.407. The zero-order valence-electron chi connectivity index (χ0n) is 20.1. The number of likely N-dealkylation sites (tertiary alicyclic amines) is 1. The third kappa shape index (κ3) is 5.06. The Kier molecular flexibility index (Phi) is 7.48. The molecule has 35 heavy (non-hydrogen) atoms. The molecule has 3 N–H and O–H groups in total. The highest BCUT2D eigenvalue weighted by Crippen LogP contribution is 2.44. The van der Waals surface area contributed by atoms with Crippen LogP contribution < -0.4 is 10.6 Å². The van der Waals surface area contributed by atoms with Crippen LogP contribution >= 0.6 is 0 Å². The van der Waals surface area contributed by atoms with Crippen molar-refractivity contribution in [3.8, 4) is 11.1 Å². The van der Waals surface area contributed by atoms with Gasteiger partial charge in [0, 0.05) is 18.7 Å². The average molecular weight is 477 g/mol. The minimum Gasteiger partial charge on any atom is -0.449 e. The molecule has 1 aliphatic heterocycles. The van der Waals surface area contributed by atoms with Gasteiger partial charge in [-0.25, -0.2) is 4.79 Å². The zero-order chi connectivity index (χ0) is 24.9. The molecule has 1 saturated heterocycles. The normalized spacial score (nSPS) is 18.2. The van der Waals surface area contributed by atoms with E-state index in [0.29, 0.717) is 25.8 Å². The van der Waals surface area contributed by atoms with E-state index in [-0.39, 0.29) is 30.4 Å². The van der Waals surface area contributed by atoms with E-state index in [1.165, 1.54) is 11.1 Å². The van der Waals surface area contributed by atoms with Crippen molar-refractivity contribution in [3.05, 3.63) is 59.7 Å². The quantitative estimate of drug-likeness (QED) is 0.507. The molecule has 1 heterocycles. The first-order valence-electron chi connectivity index (χ1n) is 12.2. The van der Waals surface area contributed by atoms with Crippen LogP contribution in [0, 0.1) is 5.41 Å². The molecule has 2 aromatic carbocycles. The Labute approximate surface area is 205 Å². The number of rotatable bonds is 8. The van der Waals surface area contributed by atoms with E-state index in [1.54, 1.807) is 6.92 Å². The second-order valence-corrected chi connectivity index (χ2v) is 9.07. The fourth-order valence-electron chi connectivity index (χ4n) is 4.97. The summed E-state index contributed by atoms with van der Waals surface area (Å²) in [5.74, 6) is -0.648. The van der Waals surface area contributed by atoms with Crippen LogP contribution in [0.15, 0.2) is 48.5 Å². The monoisotopic (exact) mass is 476 g/mol. The van der Waals surface area contributed by atoms with Crippen molar-refractivity contribution in [1.29, 1.82) is 5.41 Å². The van der Waals surface area contributed by atoms with Gasteiger partial charge in [-0.1, -0.05) is 55.5 Å². The van der Waals surface area contributed by atoms with Crippen LogP contribution in [0.4, 0.5) is 4.79 Å². The molecule has 2 aliphatic rings. The lowest BCUT2D eigenvalue weighted by Gasteiger charge is -2.28. The first-order valence-corrected chi connectivity index (χ1v) is 12.2. The Bertz CT molecular complexity index is 1070. The van der Waals surface area contributed by atoms with Gasteiger partial charge in [-0.05, 0) is 48.4 Å². The van der Waals surface area contributed by atoms with Crippen LogP contribution in [-0.4, -0.2) is 60.3 Å². The smallest absolute Gasteiger partial charge is 0.407 e. The minimum atomic E-state index is -0.830. The topological polar surface area (TPSA) is 112 Å². The van der Waals surface area contributed by atoms with Crippen molar-refractivity contribution in [2.45, 2.75) is 57.2 Å². The molecule has 1 fully saturated rings. The van der Waals surface area contributed by atoms with E-state index in [2.05, 4.69) is 22.8 Å². The number of fused-ring (bicyclic) bond motifs is 3. The summed E-state index contributed by atoms with van der Waals surface area (Å²) in [5.41, 5.74) is 4.53. The molecule has 4 rings (SSSR count). The summed E-state index contributed by atoms with van der Waals surface area (Å²) in [7, 11) is 0. The number of amides is 3. The van der Waals surface area contributed by atoms with E-state index >= 15 is 0 Å². The highest BCUT2D eigenvalue weighted by Gasteiger charge is 2.37. The van der Waals surface area contributed by atoms with Crippen molar-refractivity contribution < 1.29 is 19.1 Å². The lowest BCUT2D eigenvalue weighted by molar-refractivity contribution is -0.139. The molecule has 8 nitrogen and oxygen atoms in total. The van der Waals surface area contributed by atoms with E-state index in [9.17, 15) is 14.4 Å². The molecular formula is C27H32N4O4. The van der Waals surface area contributed by atoms with Gasteiger partial charge in [0.05, 0.1) is 6.04 Å². The van der Waals surface area contributed by atoms with Crippen LogP contribution in [0.2, 0.25) is 0 Å². The van der Waals surface area contributed by atoms with E-state index < -0.39 is 18.2 Å². The van der Waals surface area contributed by atoms with Crippen molar-refractivity contribution >= 4 is 24.1 Å². The maximum Gasteiger partial charge on any atom is 0.407 e. The lowest BCUT2D eigenvalue weighted by atomic mass is 9.98. The molecule has 3 amide bonds. The van der Waals surface area contributed by atoms with Crippen molar-refractivity contribution in [2.24, 2.45) is 0 Å². The molecule has 0 bridgehead atoms. The van der Waals surface area contributed by atoms with E-state index in [4.69, 9.17) is 10.1 Å². The number of hydrogen-bond donors (Lipinski definition) is 3. The van der Waals surface area contributed by atoms with Crippen LogP contribution in [-0.2, 0) is 14.3 Å². The Balaban J connectivity index is 1.34. The molecule has 0 unspecified atom stereocenters. The highest BCUT2D eigenvalue weighted by molar-refractivity contribution is 5.92. The average Bonchev–Trinajstić information content (AvgIpc) is 3.49. The lowest BCUT2D eigenvalue weighted by Crippen LogP contribution is -2.53. The summed E-state index contributed by atoms with van der Waals surface area (Å²) in [6.45, 7) is 4.10. The maximum absolute atomic E-state index is 13.0. The second-order valence-electron chi connectivity index (χ2n) is 9.07. The van der Waals surface area contributed by atoms with Gasteiger partial charge in [-0.3, -0.25) is 9.59 Å². The number of carbonyl (C=O) groups excluding carboxylic acids is 3. The van der Waals surface area contributed by atoms with Gasteiger partial charge < -0.3 is 25.7 Å². The van der Waals surface area contributed by atoms with E-state index in [0.717, 1.165) is 22.3 Å². The maximum atomic E-state index is 13.0. The molecule has 8 heteroatoms. The molecule has 0 radical (unpaired) electrons. The number of hydrogen-bond acceptors (Lipinski definition) is 5. The van der Waals surface area contributed by atoms with Crippen LogP contribution in [0.25, 0.3) is 11.1 Å². The van der Waals surface area contributed by atoms with Crippen LogP contribution in [0.5, 0.6) is 0 Å². The molecule has 1 aliphatic carbocycles. The number of benzene rings is 2. The van der Waals surface area contributed by atoms with Gasteiger partial charge in [-0.15, -0.1) is 0 Å². The number of ether oxygens (including phenoxy) is 1. The van der Waals surface area contributed by atoms with Crippen LogP contribution in [0.1, 0.15) is 50.2 Å². The molecular weight excluding hydrogens is 444 g/mol. The number of alkyl carbamates (subject to hydrolysis) is 1. The highest BCUT2D eigenvalue weighted by atomic mass is 16.5. The van der Waals surface area contributed by atoms with E-state index in [1.807, 2.05) is 43.3 Å². The van der Waals surface area contributed by atoms with Crippen molar-refractivity contribution in [2.75, 3.05) is 13.2 Å². The summed E-state index contributed by atoms with van der Waals surface area (Å²) in [6, 6.07) is 14.4. The molecule has 3 atom stereocenters. The van der Waals surface area contributed by atoms with Crippen molar-refractivity contribution in [1.82, 2.24) is 15.5 Å². The predicted octanol–water partition coefficient (Wildman–Crippen LogP) is 3.45. The van der Waals surface area contributed by atoms with Crippen LogP contribution in [0.3, 0.4) is 0 Å². The standard InChI is InChI=1S/C27H32N4O4/c1-3-18(15-28)30-25(32)24-13-8-14-31(24)26(33)17(2)29-27(34)35-16-23-21-11-6-4-9-19(21)20-10-5-7-12-22(20)23/h4-7,9-12,15,17-18,23-24,28H,3,8,13-14,16H2,1-2H3,(H,29,34)(H,30,32)/t17-,18-,24-/m0/s1. The predicted molar refractivity (Wildman–Crippen MR) is 133 cm³/mol. The molecule has 2 aromatic rings. The summed E-state index contributed by atoms with van der Waals surface area (Å²) in [5, 5.41) is 12.8. The van der Waals surface area contributed by atoms with Gasteiger partial charge in [0.2, 0.25) is 11.8 Å². The van der Waals surface area contributed by atoms with Gasteiger partial charge >= 0.3 is 6.09 Å². The third-order valence-electron chi connectivity index (χ3n) is 6.86. The van der Waals surface area contributed by atoms with Gasteiger partial charge in [0.25, 0.3) is 0 Å². The van der Waals surface area contributed by atoms with Crippen molar-refractivity contribution in [3.63, 3.8) is 0 Å². The number of nitrogens with zero attached hydrogens (tertiary/aromatic N) is 1. The molecule has 0 aromatic heterocycles. The number of nitrogens with one attached hydrogen (secondary N) is 3. The minimum absolute atomic E-state index is 0.0637. The van der Waals surface area contributed by atoms with Gasteiger partial charge in [0.1, 0.15) is 18.7 Å². The summed E-state index contributed by atoms with van der Waals surface area (Å²) in [4.78, 5) is 39.8.